The molecule has 134 valence electrons. The molecular weight excluding hydrogens is 453 g/mol. The van der Waals surface area contributed by atoms with E-state index in [1.807, 2.05) is 0 Å². The number of benzene rings is 2. The third-order valence-corrected chi connectivity index (χ3v) is 6.31. The highest BCUT2D eigenvalue weighted by atomic mass is 79.9. The van der Waals surface area contributed by atoms with Gasteiger partial charge in [-0.15, -0.1) is 0 Å². The number of hydrogen-bond acceptors (Lipinski definition) is 4. The molecule has 0 aromatic heterocycles. The van der Waals surface area contributed by atoms with E-state index in [4.69, 9.17) is 27.9 Å². The molecule has 0 fully saturated rings. The van der Waals surface area contributed by atoms with Gasteiger partial charge >= 0.3 is 5.97 Å². The highest BCUT2D eigenvalue weighted by molar-refractivity contribution is 9.10. The van der Waals surface area contributed by atoms with Crippen LogP contribution in [0, 0.1) is 0 Å². The van der Waals surface area contributed by atoms with Gasteiger partial charge in [0.05, 0.1) is 17.3 Å². The van der Waals surface area contributed by atoms with E-state index in [2.05, 4.69) is 15.9 Å². The molecule has 0 amide bonds. The van der Waals surface area contributed by atoms with Crippen molar-refractivity contribution in [3.8, 4) is 0 Å². The third kappa shape index (κ3) is 4.67. The van der Waals surface area contributed by atoms with Crippen LogP contribution in [0.15, 0.2) is 51.8 Å². The lowest BCUT2D eigenvalue weighted by molar-refractivity contribution is -0.141. The van der Waals surface area contributed by atoms with Crippen LogP contribution in [0.3, 0.4) is 0 Å². The van der Waals surface area contributed by atoms with Gasteiger partial charge in [-0.05, 0) is 53.2 Å². The summed E-state index contributed by atoms with van der Waals surface area (Å²) in [5.74, 6) is -0.681. The van der Waals surface area contributed by atoms with E-state index in [0.29, 0.717) is 4.47 Å². The van der Waals surface area contributed by atoms with E-state index in [1.54, 1.807) is 31.2 Å². The van der Waals surface area contributed by atoms with Crippen molar-refractivity contribution < 1.29 is 17.9 Å². The Morgan fingerprint density at radius 3 is 2.52 bits per heavy atom. The average Bonchev–Trinajstić information content (AvgIpc) is 2.56. The SMILES string of the molecule is CCOC(=O)CN(c1ccccc1Br)S(=O)(=O)c1cc(Cl)ccc1Cl. The Bertz CT molecular complexity index is 889. The maximum atomic E-state index is 13.2. The maximum Gasteiger partial charge on any atom is 0.326 e. The normalized spacial score (nSPS) is 11.2. The molecule has 0 saturated carbocycles. The molecule has 0 aliphatic carbocycles. The Labute approximate surface area is 164 Å². The first-order valence-electron chi connectivity index (χ1n) is 7.15. The Kier molecular flexibility index (Phi) is 6.73. The van der Waals surface area contributed by atoms with Crippen molar-refractivity contribution in [3.63, 3.8) is 0 Å². The number of sulfonamides is 1. The van der Waals surface area contributed by atoms with E-state index >= 15 is 0 Å². The second kappa shape index (κ2) is 8.40. The van der Waals surface area contributed by atoms with Gasteiger partial charge in [0, 0.05) is 9.50 Å². The largest absolute Gasteiger partial charge is 0.465 e. The molecule has 25 heavy (non-hydrogen) atoms. The van der Waals surface area contributed by atoms with Crippen molar-refractivity contribution in [3.05, 3.63) is 57.0 Å². The monoisotopic (exact) mass is 465 g/mol. The van der Waals surface area contributed by atoms with Crippen LogP contribution in [-0.2, 0) is 19.6 Å². The number of esters is 1. The predicted octanol–water partition coefficient (Wildman–Crippen LogP) is 4.51. The summed E-state index contributed by atoms with van der Waals surface area (Å²) in [6, 6.07) is 10.7. The summed E-state index contributed by atoms with van der Waals surface area (Å²) in [4.78, 5) is 11.8. The molecule has 0 radical (unpaired) electrons. The number of rotatable bonds is 6. The van der Waals surface area contributed by atoms with Gasteiger partial charge in [-0.3, -0.25) is 9.10 Å². The van der Waals surface area contributed by atoms with Gasteiger partial charge in [-0.2, -0.15) is 0 Å². The summed E-state index contributed by atoms with van der Waals surface area (Å²) in [6.45, 7) is 1.28. The predicted molar refractivity (Wildman–Crippen MR) is 102 cm³/mol. The molecule has 0 atom stereocenters. The molecule has 2 aromatic carbocycles. The lowest BCUT2D eigenvalue weighted by Crippen LogP contribution is -2.37. The smallest absolute Gasteiger partial charge is 0.326 e. The van der Waals surface area contributed by atoms with Crippen LogP contribution in [0.4, 0.5) is 5.69 Å². The zero-order valence-electron chi connectivity index (χ0n) is 13.1. The molecule has 9 heteroatoms. The topological polar surface area (TPSA) is 63.7 Å². The zero-order chi connectivity index (χ0) is 18.6. The molecule has 0 aliphatic rings. The number of nitrogens with zero attached hydrogens (tertiary/aromatic N) is 1. The minimum Gasteiger partial charge on any atom is -0.465 e. The lowest BCUT2D eigenvalue weighted by atomic mass is 10.3. The molecule has 0 N–H and O–H groups in total. The first kappa shape index (κ1) is 20.0. The van der Waals surface area contributed by atoms with E-state index in [0.717, 1.165) is 4.31 Å². The van der Waals surface area contributed by atoms with Crippen LogP contribution in [-0.4, -0.2) is 27.5 Å². The molecule has 5 nitrogen and oxygen atoms in total. The molecule has 0 bridgehead atoms. The average molecular weight is 467 g/mol. The Balaban J connectivity index is 2.59. The summed E-state index contributed by atoms with van der Waals surface area (Å²) >= 11 is 15.3. The van der Waals surface area contributed by atoms with E-state index in [1.165, 1.54) is 18.2 Å². The van der Waals surface area contributed by atoms with Gasteiger partial charge in [0.25, 0.3) is 10.0 Å². The minimum absolute atomic E-state index is 0.00492. The van der Waals surface area contributed by atoms with Crippen molar-refractivity contribution in [2.75, 3.05) is 17.5 Å². The molecule has 0 unspecified atom stereocenters. The zero-order valence-corrected chi connectivity index (χ0v) is 17.0. The fourth-order valence-electron chi connectivity index (χ4n) is 2.07. The summed E-state index contributed by atoms with van der Waals surface area (Å²) < 4.78 is 32.6. The van der Waals surface area contributed by atoms with E-state index in [-0.39, 0.29) is 27.2 Å². The van der Waals surface area contributed by atoms with Crippen molar-refractivity contribution in [1.82, 2.24) is 0 Å². The van der Waals surface area contributed by atoms with Crippen LogP contribution in [0.25, 0.3) is 0 Å². The van der Waals surface area contributed by atoms with Crippen LogP contribution >= 0.6 is 39.1 Å². The van der Waals surface area contributed by atoms with Crippen LogP contribution in [0.5, 0.6) is 0 Å². The maximum absolute atomic E-state index is 13.2. The van der Waals surface area contributed by atoms with Crippen LogP contribution < -0.4 is 4.31 Å². The molecule has 0 spiro atoms. The third-order valence-electron chi connectivity index (χ3n) is 3.16. The number of halogens is 3. The van der Waals surface area contributed by atoms with Gasteiger partial charge in [0.15, 0.2) is 0 Å². The Hall–Kier alpha value is -1.28. The summed E-state index contributed by atoms with van der Waals surface area (Å²) in [6.07, 6.45) is 0. The molecule has 2 rings (SSSR count). The molecule has 2 aromatic rings. The van der Waals surface area contributed by atoms with Crippen molar-refractivity contribution in [2.45, 2.75) is 11.8 Å². The van der Waals surface area contributed by atoms with E-state index in [9.17, 15) is 13.2 Å². The number of hydrogen-bond donors (Lipinski definition) is 0. The van der Waals surface area contributed by atoms with Gasteiger partial charge in [-0.25, -0.2) is 8.42 Å². The summed E-state index contributed by atoms with van der Waals surface area (Å²) in [5.41, 5.74) is 0.284. The molecule has 0 aliphatic heterocycles. The highest BCUT2D eigenvalue weighted by Gasteiger charge is 2.31. The lowest BCUT2D eigenvalue weighted by Gasteiger charge is -2.25. The molecule has 0 saturated heterocycles. The van der Waals surface area contributed by atoms with Crippen LogP contribution in [0.2, 0.25) is 10.0 Å². The first-order chi connectivity index (χ1) is 11.8. The van der Waals surface area contributed by atoms with Gasteiger partial charge in [0.2, 0.25) is 0 Å². The number of anilines is 1. The quantitative estimate of drug-likeness (QED) is 0.587. The number of carbonyl (C=O) groups is 1. The van der Waals surface area contributed by atoms with Crippen molar-refractivity contribution in [2.24, 2.45) is 0 Å². The first-order valence-corrected chi connectivity index (χ1v) is 10.1. The Morgan fingerprint density at radius 2 is 1.88 bits per heavy atom. The van der Waals surface area contributed by atoms with E-state index < -0.39 is 22.5 Å². The fraction of sp³-hybridized carbons (Fsp3) is 0.188. The van der Waals surface area contributed by atoms with Gasteiger partial charge < -0.3 is 4.74 Å². The highest BCUT2D eigenvalue weighted by Crippen LogP contribution is 2.34. The standard InChI is InChI=1S/C16H14BrCl2NO4S/c1-2-24-16(21)10-20(14-6-4-3-5-12(14)17)25(22,23)15-9-11(18)7-8-13(15)19/h3-9H,2,10H2,1H3. The second-order valence-corrected chi connectivity index (χ2v) is 8.37. The van der Waals surface area contributed by atoms with Crippen molar-refractivity contribution >= 4 is 60.8 Å². The minimum atomic E-state index is -4.16. The number of ether oxygens (including phenoxy) is 1. The van der Waals surface area contributed by atoms with Crippen molar-refractivity contribution in [1.29, 1.82) is 0 Å². The molecule has 0 heterocycles. The second-order valence-electron chi connectivity index (χ2n) is 4.84. The fourth-order valence-corrected chi connectivity index (χ4v) is 4.86. The summed E-state index contributed by atoms with van der Waals surface area (Å²) in [7, 11) is -4.16. The van der Waals surface area contributed by atoms with Crippen LogP contribution in [0.1, 0.15) is 6.92 Å². The summed E-state index contributed by atoms with van der Waals surface area (Å²) in [5, 5.41) is 0.219. The molecular formula is C16H14BrCl2NO4S. The number of para-hydroxylation sites is 1. The Morgan fingerprint density at radius 1 is 1.20 bits per heavy atom. The van der Waals surface area contributed by atoms with Gasteiger partial charge in [0.1, 0.15) is 11.4 Å². The number of carbonyl (C=O) groups excluding carboxylic acids is 1. The van der Waals surface area contributed by atoms with Gasteiger partial charge in [-0.1, -0.05) is 35.3 Å².